The van der Waals surface area contributed by atoms with E-state index in [2.05, 4.69) is 10.3 Å². The van der Waals surface area contributed by atoms with E-state index < -0.39 is 6.10 Å². The molecular weight excluding hydrogens is 372 g/mol. The number of carbonyl (C=O) groups excluding carboxylic acids is 1. The van der Waals surface area contributed by atoms with Crippen LogP contribution in [0.15, 0.2) is 54.6 Å². The number of aromatic nitrogens is 3. The maximum atomic E-state index is 12.4. The first kappa shape index (κ1) is 18.9. The zero-order valence-electron chi connectivity index (χ0n) is 16.3. The monoisotopic (exact) mass is 394 g/mol. The number of aryl methyl sites for hydroxylation is 1. The molecule has 8 heteroatoms. The molecular formula is C21H22N4O4. The number of carbonyl (C=O) groups is 1. The summed E-state index contributed by atoms with van der Waals surface area (Å²) in [5, 5.41) is 8.44. The lowest BCUT2D eigenvalue weighted by Crippen LogP contribution is -2.23. The lowest BCUT2D eigenvalue weighted by atomic mass is 10.1. The van der Waals surface area contributed by atoms with Crippen molar-refractivity contribution in [3.8, 4) is 17.0 Å². The summed E-state index contributed by atoms with van der Waals surface area (Å²) < 4.78 is 17.7. The Kier molecular flexibility index (Phi) is 5.44. The van der Waals surface area contributed by atoms with E-state index in [1.54, 1.807) is 23.7 Å². The van der Waals surface area contributed by atoms with E-state index in [0.717, 1.165) is 16.8 Å². The SMILES string of the molecule is COCOc1ccc(-c2nnn(C)c2C2CN(Cc3ccccc3)C(=O)O2)cc1. The van der Waals surface area contributed by atoms with E-state index in [-0.39, 0.29) is 12.9 Å². The molecule has 1 aliphatic heterocycles. The van der Waals surface area contributed by atoms with Crippen molar-refractivity contribution >= 4 is 6.09 Å². The normalized spacial score (nSPS) is 16.1. The highest BCUT2D eigenvalue weighted by atomic mass is 16.7. The molecule has 2 aromatic carbocycles. The molecule has 0 N–H and O–H groups in total. The second-order valence-corrected chi connectivity index (χ2v) is 6.76. The van der Waals surface area contributed by atoms with Gasteiger partial charge in [0.2, 0.25) is 0 Å². The number of hydrogen-bond donors (Lipinski definition) is 0. The van der Waals surface area contributed by atoms with Gasteiger partial charge in [-0.3, -0.25) is 4.90 Å². The molecule has 0 spiro atoms. The highest BCUT2D eigenvalue weighted by Crippen LogP contribution is 2.33. The van der Waals surface area contributed by atoms with Crippen LogP contribution in [0.25, 0.3) is 11.3 Å². The van der Waals surface area contributed by atoms with E-state index in [0.29, 0.717) is 24.5 Å². The number of rotatable bonds is 7. The number of cyclic esters (lactones) is 1. The summed E-state index contributed by atoms with van der Waals surface area (Å²) in [7, 11) is 3.37. The first-order valence-corrected chi connectivity index (χ1v) is 9.27. The van der Waals surface area contributed by atoms with Gasteiger partial charge in [-0.25, -0.2) is 9.48 Å². The predicted molar refractivity (Wildman–Crippen MR) is 105 cm³/mol. The van der Waals surface area contributed by atoms with Gasteiger partial charge < -0.3 is 14.2 Å². The maximum Gasteiger partial charge on any atom is 0.410 e. The van der Waals surface area contributed by atoms with Crippen LogP contribution >= 0.6 is 0 Å². The fraction of sp³-hybridized carbons (Fsp3) is 0.286. The van der Waals surface area contributed by atoms with Crippen molar-refractivity contribution in [2.45, 2.75) is 12.6 Å². The molecule has 1 aliphatic rings. The summed E-state index contributed by atoms with van der Waals surface area (Å²) in [6.45, 7) is 1.13. The Hall–Kier alpha value is -3.39. The minimum absolute atomic E-state index is 0.186. The Balaban J connectivity index is 1.54. The molecule has 1 aromatic heterocycles. The highest BCUT2D eigenvalue weighted by molar-refractivity contribution is 5.71. The molecule has 0 aliphatic carbocycles. The van der Waals surface area contributed by atoms with Crippen LogP contribution in [0.1, 0.15) is 17.4 Å². The van der Waals surface area contributed by atoms with Crippen LogP contribution in [-0.2, 0) is 23.1 Å². The summed E-state index contributed by atoms with van der Waals surface area (Å²) in [5.41, 5.74) is 3.38. The Morgan fingerprint density at radius 1 is 1.14 bits per heavy atom. The van der Waals surface area contributed by atoms with Gasteiger partial charge in [0.05, 0.1) is 6.54 Å². The lowest BCUT2D eigenvalue weighted by Gasteiger charge is -2.13. The molecule has 1 fully saturated rings. The highest BCUT2D eigenvalue weighted by Gasteiger charge is 2.36. The zero-order chi connectivity index (χ0) is 20.2. The Morgan fingerprint density at radius 2 is 1.90 bits per heavy atom. The van der Waals surface area contributed by atoms with Crippen molar-refractivity contribution in [3.05, 3.63) is 65.9 Å². The van der Waals surface area contributed by atoms with Crippen LogP contribution in [0, 0.1) is 0 Å². The third kappa shape index (κ3) is 4.07. The van der Waals surface area contributed by atoms with Crippen LogP contribution in [0.2, 0.25) is 0 Å². The third-order valence-corrected chi connectivity index (χ3v) is 4.75. The maximum absolute atomic E-state index is 12.4. The lowest BCUT2D eigenvalue weighted by molar-refractivity contribution is 0.0511. The molecule has 150 valence electrons. The van der Waals surface area contributed by atoms with E-state index >= 15 is 0 Å². The first-order valence-electron chi connectivity index (χ1n) is 9.27. The number of ether oxygens (including phenoxy) is 3. The second-order valence-electron chi connectivity index (χ2n) is 6.76. The van der Waals surface area contributed by atoms with Crippen molar-refractivity contribution in [3.63, 3.8) is 0 Å². The van der Waals surface area contributed by atoms with Gasteiger partial charge in [-0.05, 0) is 29.8 Å². The summed E-state index contributed by atoms with van der Waals surface area (Å²) in [4.78, 5) is 14.1. The molecule has 1 atom stereocenters. The van der Waals surface area contributed by atoms with Crippen molar-refractivity contribution in [1.29, 1.82) is 0 Å². The molecule has 1 saturated heterocycles. The van der Waals surface area contributed by atoms with Gasteiger partial charge in [0.1, 0.15) is 17.1 Å². The van der Waals surface area contributed by atoms with Crippen LogP contribution in [0.5, 0.6) is 5.75 Å². The van der Waals surface area contributed by atoms with Crippen LogP contribution in [0.4, 0.5) is 4.79 Å². The molecule has 4 rings (SSSR count). The molecule has 1 unspecified atom stereocenters. The number of methoxy groups -OCH3 is 1. The number of nitrogens with zero attached hydrogens (tertiary/aromatic N) is 4. The second kappa shape index (κ2) is 8.32. The Labute approximate surface area is 168 Å². The molecule has 1 amide bonds. The predicted octanol–water partition coefficient (Wildman–Crippen LogP) is 3.16. The minimum Gasteiger partial charge on any atom is -0.468 e. The molecule has 29 heavy (non-hydrogen) atoms. The van der Waals surface area contributed by atoms with Gasteiger partial charge in [-0.1, -0.05) is 35.5 Å². The average Bonchev–Trinajstić information content (AvgIpc) is 3.30. The van der Waals surface area contributed by atoms with Gasteiger partial charge >= 0.3 is 6.09 Å². The van der Waals surface area contributed by atoms with Gasteiger partial charge in [-0.15, -0.1) is 5.10 Å². The minimum atomic E-state index is -0.439. The van der Waals surface area contributed by atoms with E-state index in [1.807, 2.05) is 54.6 Å². The molecule has 8 nitrogen and oxygen atoms in total. The summed E-state index contributed by atoms with van der Waals surface area (Å²) >= 11 is 0. The Morgan fingerprint density at radius 3 is 2.62 bits per heavy atom. The number of amides is 1. The van der Waals surface area contributed by atoms with Gasteiger partial charge in [0.25, 0.3) is 0 Å². The number of hydrogen-bond acceptors (Lipinski definition) is 6. The smallest absolute Gasteiger partial charge is 0.410 e. The zero-order valence-corrected chi connectivity index (χ0v) is 16.3. The summed E-state index contributed by atoms with van der Waals surface area (Å²) in [6.07, 6.45) is -0.778. The summed E-state index contributed by atoms with van der Waals surface area (Å²) in [5.74, 6) is 0.697. The van der Waals surface area contributed by atoms with Crippen molar-refractivity contribution in [2.75, 3.05) is 20.4 Å². The average molecular weight is 394 g/mol. The van der Waals surface area contributed by atoms with Crippen molar-refractivity contribution < 1.29 is 19.0 Å². The van der Waals surface area contributed by atoms with E-state index in [1.165, 1.54) is 0 Å². The third-order valence-electron chi connectivity index (χ3n) is 4.75. The van der Waals surface area contributed by atoms with Gasteiger partial charge in [-0.2, -0.15) is 0 Å². The van der Waals surface area contributed by atoms with E-state index in [4.69, 9.17) is 14.2 Å². The standard InChI is InChI=1S/C21H22N4O4/c1-24-20(18-13-25(21(26)29-18)12-15-6-4-3-5-7-15)19(22-23-24)16-8-10-17(11-9-16)28-14-27-2/h3-11,18H,12-14H2,1-2H3. The quantitative estimate of drug-likeness (QED) is 0.573. The fourth-order valence-electron chi connectivity index (χ4n) is 3.35. The van der Waals surface area contributed by atoms with Crippen molar-refractivity contribution in [1.82, 2.24) is 19.9 Å². The molecule has 0 bridgehead atoms. The number of benzene rings is 2. The van der Waals surface area contributed by atoms with Gasteiger partial charge in [0.15, 0.2) is 12.9 Å². The Bertz CT molecular complexity index is 972. The molecule has 2 heterocycles. The molecule has 0 saturated carbocycles. The van der Waals surface area contributed by atoms with Crippen LogP contribution in [-0.4, -0.2) is 46.4 Å². The molecule has 3 aromatic rings. The topological polar surface area (TPSA) is 78.7 Å². The van der Waals surface area contributed by atoms with Crippen molar-refractivity contribution in [2.24, 2.45) is 7.05 Å². The van der Waals surface area contributed by atoms with Crippen LogP contribution in [0.3, 0.4) is 0 Å². The first-order chi connectivity index (χ1) is 14.2. The van der Waals surface area contributed by atoms with Crippen LogP contribution < -0.4 is 4.74 Å². The largest absolute Gasteiger partial charge is 0.468 e. The van der Waals surface area contributed by atoms with Gasteiger partial charge in [0, 0.05) is 26.3 Å². The fourth-order valence-corrected chi connectivity index (χ4v) is 3.35. The van der Waals surface area contributed by atoms with E-state index in [9.17, 15) is 4.79 Å². The summed E-state index contributed by atoms with van der Waals surface area (Å²) in [6, 6.07) is 17.3. The molecule has 0 radical (unpaired) electrons.